The van der Waals surface area contributed by atoms with Gasteiger partial charge in [0.05, 0.1) is 23.5 Å². The van der Waals surface area contributed by atoms with Crippen LogP contribution in [-0.2, 0) is 28.7 Å². The van der Waals surface area contributed by atoms with Crippen LogP contribution in [0.1, 0.15) is 54.5 Å². The Labute approximate surface area is 290 Å². The van der Waals surface area contributed by atoms with E-state index in [-0.39, 0.29) is 28.5 Å². The van der Waals surface area contributed by atoms with Crippen LogP contribution in [0.25, 0.3) is 0 Å². The van der Waals surface area contributed by atoms with Gasteiger partial charge < -0.3 is 35.4 Å². The van der Waals surface area contributed by atoms with Crippen LogP contribution in [0.3, 0.4) is 0 Å². The molecule has 1 aromatic heterocycles. The Hall–Kier alpha value is -3.04. The number of alkyl halides is 3. The van der Waals surface area contributed by atoms with Crippen LogP contribution in [0.2, 0.25) is 0 Å². The Morgan fingerprint density at radius 3 is 2.29 bits per heavy atom. The van der Waals surface area contributed by atoms with E-state index in [1.54, 1.807) is 21.1 Å². The summed E-state index contributed by atoms with van der Waals surface area (Å²) in [6.45, 7) is 4.30. The third-order valence-electron chi connectivity index (χ3n) is 10.4. The molecular formula is C33H42BrF3N6O4S. The minimum Gasteiger partial charge on any atom is -0.436 e. The Morgan fingerprint density at radius 1 is 1.02 bits per heavy atom. The van der Waals surface area contributed by atoms with E-state index in [4.69, 9.17) is 10.5 Å². The fraction of sp³-hybridized carbons (Fsp3) is 0.606. The fourth-order valence-corrected chi connectivity index (χ4v) is 8.89. The molecule has 4 amide bonds. The maximum Gasteiger partial charge on any atom is 0.418 e. The molecule has 4 aliphatic heterocycles. The molecule has 1 atom stereocenters. The van der Waals surface area contributed by atoms with Crippen LogP contribution in [-0.4, -0.2) is 96.1 Å². The van der Waals surface area contributed by atoms with Gasteiger partial charge in [0.15, 0.2) is 6.10 Å². The third-order valence-corrected chi connectivity index (χ3v) is 12.0. The summed E-state index contributed by atoms with van der Waals surface area (Å²) in [4.78, 5) is 48.7. The van der Waals surface area contributed by atoms with Gasteiger partial charge in [-0.3, -0.25) is 4.79 Å². The number of hydrogen-bond acceptors (Lipinski definition) is 7. The average Bonchev–Trinajstić information content (AvgIpc) is 3.52. The number of fused-ring (bicyclic) bond motifs is 1. The number of amides is 4. The van der Waals surface area contributed by atoms with Gasteiger partial charge in [0.2, 0.25) is 0 Å². The number of nitrogens with two attached hydrogens (primary N) is 1. The lowest BCUT2D eigenvalue weighted by Gasteiger charge is -2.41. The number of benzene rings is 1. The third kappa shape index (κ3) is 7.72. The predicted octanol–water partition coefficient (Wildman–Crippen LogP) is 6.25. The molecule has 48 heavy (non-hydrogen) atoms. The van der Waals surface area contributed by atoms with Crippen molar-refractivity contribution in [2.24, 2.45) is 11.8 Å². The number of rotatable bonds is 6. The number of halogens is 4. The second-order valence-electron chi connectivity index (χ2n) is 13.5. The number of urea groups is 1. The van der Waals surface area contributed by atoms with E-state index in [1.165, 1.54) is 11.0 Å². The zero-order valence-electron chi connectivity index (χ0n) is 26.9. The van der Waals surface area contributed by atoms with Gasteiger partial charge in [-0.05, 0) is 116 Å². The minimum absolute atomic E-state index is 0.0577. The van der Waals surface area contributed by atoms with Crippen molar-refractivity contribution in [3.63, 3.8) is 0 Å². The maximum atomic E-state index is 14.0. The van der Waals surface area contributed by atoms with Crippen molar-refractivity contribution in [3.05, 3.63) is 44.1 Å². The van der Waals surface area contributed by atoms with Crippen LogP contribution in [0.5, 0.6) is 0 Å². The summed E-state index contributed by atoms with van der Waals surface area (Å²) in [5, 5.41) is 4.86. The Kier molecular flexibility index (Phi) is 10.5. The lowest BCUT2D eigenvalue weighted by atomic mass is 9.79. The highest BCUT2D eigenvalue weighted by Gasteiger charge is 2.39. The molecule has 1 aromatic carbocycles. The molecular weight excluding hydrogens is 713 g/mol. The maximum absolute atomic E-state index is 14.0. The number of carbonyl (C=O) groups excluding carboxylic acids is 3. The summed E-state index contributed by atoms with van der Waals surface area (Å²) < 4.78 is 47.4. The second kappa shape index (κ2) is 14.4. The van der Waals surface area contributed by atoms with Crippen molar-refractivity contribution in [1.29, 1.82) is 0 Å². The zero-order chi connectivity index (χ0) is 34.2. The lowest BCUT2D eigenvalue weighted by Crippen LogP contribution is -2.52. The van der Waals surface area contributed by atoms with Crippen LogP contribution < -0.4 is 11.1 Å². The molecule has 262 valence electrons. The SMILES string of the molecule is CN1CCC(C2CCN(C(=O)[C@@H](Cc3cc(Br)c(N)c(C(F)(F)F)c3)OC(=O)N3CCC(N4Cc5sccc5NC4=O)CC3)CC2)CC1. The molecule has 0 unspecified atom stereocenters. The molecule has 0 radical (unpaired) electrons. The number of nitrogens with zero attached hydrogens (tertiary/aromatic N) is 4. The number of ether oxygens (including phenoxy) is 1. The summed E-state index contributed by atoms with van der Waals surface area (Å²) >= 11 is 4.72. The molecule has 5 heterocycles. The number of carbonyl (C=O) groups is 3. The topological polar surface area (TPSA) is 111 Å². The van der Waals surface area contributed by atoms with Gasteiger partial charge in [-0.1, -0.05) is 0 Å². The number of nitrogen functional groups attached to an aromatic ring is 1. The number of anilines is 2. The number of thiophene rings is 1. The minimum atomic E-state index is -4.70. The first-order chi connectivity index (χ1) is 22.9. The van der Waals surface area contributed by atoms with Gasteiger partial charge in [-0.15, -0.1) is 11.3 Å². The normalized spacial score (nSPS) is 21.2. The molecule has 10 nitrogen and oxygen atoms in total. The summed E-state index contributed by atoms with van der Waals surface area (Å²) in [5.74, 6) is 0.727. The smallest absolute Gasteiger partial charge is 0.418 e. The van der Waals surface area contributed by atoms with Gasteiger partial charge in [0.1, 0.15) is 0 Å². The molecule has 15 heteroatoms. The molecule has 0 aliphatic carbocycles. The first-order valence-electron chi connectivity index (χ1n) is 16.6. The van der Waals surface area contributed by atoms with Gasteiger partial charge in [0, 0.05) is 48.0 Å². The average molecular weight is 756 g/mol. The number of likely N-dealkylation sites (tertiary alicyclic amines) is 3. The first kappa shape index (κ1) is 34.8. The molecule has 0 bridgehead atoms. The Balaban J connectivity index is 1.13. The lowest BCUT2D eigenvalue weighted by molar-refractivity contribution is -0.142. The van der Waals surface area contributed by atoms with Crippen LogP contribution >= 0.6 is 27.3 Å². The standard InChI is InChI=1S/C33H42BrF3N6O4S/c1-40-9-2-21(3-10-40)22-4-11-41(12-5-22)30(44)27(18-20-16-24(33(35,36)37)29(38)25(34)17-20)47-32(46)42-13-6-23(7-14-42)43-19-28-26(8-15-48-28)39-31(43)45/h8,15-17,21-23,27H,2-7,9-14,18-19,38H2,1H3,(H,39,45)/t27-/m1/s1. The van der Waals surface area contributed by atoms with E-state index in [1.807, 2.05) is 11.4 Å². The number of piperidine rings is 3. The van der Waals surface area contributed by atoms with Crippen molar-refractivity contribution in [2.75, 3.05) is 57.4 Å². The van der Waals surface area contributed by atoms with Crippen molar-refractivity contribution >= 4 is 56.7 Å². The molecule has 3 N–H and O–H groups in total. The monoisotopic (exact) mass is 754 g/mol. The molecule has 0 saturated carbocycles. The van der Waals surface area contributed by atoms with Crippen molar-refractivity contribution in [3.8, 4) is 0 Å². The van der Waals surface area contributed by atoms with Gasteiger partial charge in [0.25, 0.3) is 5.91 Å². The van der Waals surface area contributed by atoms with Crippen LogP contribution in [0, 0.1) is 11.8 Å². The van der Waals surface area contributed by atoms with Crippen molar-refractivity contribution in [1.82, 2.24) is 19.6 Å². The van der Waals surface area contributed by atoms with Crippen LogP contribution in [0.15, 0.2) is 28.1 Å². The first-order valence-corrected chi connectivity index (χ1v) is 18.3. The van der Waals surface area contributed by atoms with Crippen LogP contribution in [0.4, 0.5) is 34.1 Å². The Morgan fingerprint density at radius 2 is 1.65 bits per heavy atom. The molecule has 6 rings (SSSR count). The van der Waals surface area contributed by atoms with E-state index in [9.17, 15) is 27.6 Å². The van der Waals surface area contributed by atoms with E-state index >= 15 is 0 Å². The summed E-state index contributed by atoms with van der Waals surface area (Å²) in [5.41, 5.74) is 5.29. The molecule has 3 fully saturated rings. The van der Waals surface area contributed by atoms with Crippen molar-refractivity contribution < 1.29 is 32.3 Å². The molecule has 2 aromatic rings. The van der Waals surface area contributed by atoms with Crippen molar-refractivity contribution in [2.45, 2.75) is 69.8 Å². The summed E-state index contributed by atoms with van der Waals surface area (Å²) in [7, 11) is 2.13. The highest BCUT2D eigenvalue weighted by molar-refractivity contribution is 9.10. The number of nitrogens with one attached hydrogen (secondary N) is 1. The highest BCUT2D eigenvalue weighted by Crippen LogP contribution is 2.39. The largest absolute Gasteiger partial charge is 0.436 e. The van der Waals surface area contributed by atoms with E-state index in [0.717, 1.165) is 55.4 Å². The van der Waals surface area contributed by atoms with Gasteiger partial charge in [-0.25, -0.2) is 9.59 Å². The predicted molar refractivity (Wildman–Crippen MR) is 181 cm³/mol. The van der Waals surface area contributed by atoms with E-state index < -0.39 is 35.5 Å². The highest BCUT2D eigenvalue weighted by atomic mass is 79.9. The van der Waals surface area contributed by atoms with Gasteiger partial charge in [-0.2, -0.15) is 13.2 Å². The van der Waals surface area contributed by atoms with E-state index in [2.05, 4.69) is 33.2 Å². The quantitative estimate of drug-likeness (QED) is 0.338. The van der Waals surface area contributed by atoms with Gasteiger partial charge >= 0.3 is 18.3 Å². The summed E-state index contributed by atoms with van der Waals surface area (Å²) in [6, 6.07) is 4.02. The van der Waals surface area contributed by atoms with E-state index in [0.29, 0.717) is 57.4 Å². The molecule has 0 spiro atoms. The Bertz CT molecular complexity index is 1500. The summed E-state index contributed by atoms with van der Waals surface area (Å²) in [6.07, 6.45) is -1.90. The zero-order valence-corrected chi connectivity index (χ0v) is 29.3. The molecule has 3 saturated heterocycles. The molecule has 4 aliphatic rings. The second-order valence-corrected chi connectivity index (χ2v) is 15.3. The fourth-order valence-electron chi connectivity index (χ4n) is 7.55. The number of hydrogen-bond donors (Lipinski definition) is 2.